The van der Waals surface area contributed by atoms with Crippen molar-refractivity contribution in [2.75, 3.05) is 7.11 Å². The Morgan fingerprint density at radius 2 is 2.20 bits per heavy atom. The molecule has 0 amide bonds. The van der Waals surface area contributed by atoms with Crippen molar-refractivity contribution in [2.45, 2.75) is 0 Å². The van der Waals surface area contributed by atoms with E-state index in [0.29, 0.717) is 0 Å². The number of halogens is 1. The Labute approximate surface area is 36.2 Å². The van der Waals surface area contributed by atoms with E-state index in [9.17, 15) is 0 Å². The third-order valence-electron chi connectivity index (χ3n) is 0.195. The molecule has 0 unspecified atom stereocenters. The molecule has 0 N–H and O–H groups in total. The van der Waals surface area contributed by atoms with Crippen LogP contribution in [0.4, 0.5) is 0 Å². The van der Waals surface area contributed by atoms with E-state index in [1.165, 1.54) is 7.11 Å². The second-order valence-electron chi connectivity index (χ2n) is 0.508. The van der Waals surface area contributed by atoms with Gasteiger partial charge in [0.05, 0.1) is 7.11 Å². The van der Waals surface area contributed by atoms with Crippen LogP contribution >= 0.6 is 11.6 Å². The van der Waals surface area contributed by atoms with E-state index >= 15 is 0 Å². The number of hydrogen-bond donors (Lipinski definition) is 0. The lowest BCUT2D eigenvalue weighted by molar-refractivity contribution is 0.322. The minimum absolute atomic E-state index is 0.0231. The first-order valence-electron chi connectivity index (χ1n) is 1.09. The molecule has 2 heteroatoms. The summed E-state index contributed by atoms with van der Waals surface area (Å²) in [5.74, 6) is 0. The number of methoxy groups -OCH3 is 1. The van der Waals surface area contributed by atoms with Crippen LogP contribution in [0.15, 0.2) is 5.22 Å². The van der Waals surface area contributed by atoms with Crippen LogP contribution in [0.25, 0.3) is 0 Å². The molecule has 0 aromatic heterocycles. The van der Waals surface area contributed by atoms with E-state index in [1.54, 1.807) is 0 Å². The highest BCUT2D eigenvalue weighted by Gasteiger charge is 1.70. The van der Waals surface area contributed by atoms with E-state index in [4.69, 9.17) is 18.2 Å². The van der Waals surface area contributed by atoms with Crippen molar-refractivity contribution >= 4 is 11.6 Å². The van der Waals surface area contributed by atoms with Gasteiger partial charge in [-0.05, 0) is 18.2 Å². The molecule has 0 aromatic rings. The van der Waals surface area contributed by atoms with Crippen molar-refractivity contribution < 1.29 is 4.74 Å². The molecule has 0 heterocycles. The molecule has 0 saturated carbocycles. The highest BCUT2D eigenvalue weighted by molar-refractivity contribution is 6.27. The third kappa shape index (κ3) is 3.83. The lowest BCUT2D eigenvalue weighted by Crippen LogP contribution is -1.66. The standard InChI is InChI=1S/C3H4ClO/c1-3(4)5-2/h1H,2H3. The number of hydrogen-bond acceptors (Lipinski definition) is 1. The SMILES string of the molecule is [CH]=C(Cl)OC. The molecule has 0 atom stereocenters. The fourth-order valence-corrected chi connectivity index (χ4v) is 0. The normalized spacial score (nSPS) is 6.80. The minimum atomic E-state index is -0.0231. The maximum atomic E-state index is 4.93. The highest BCUT2D eigenvalue weighted by Crippen LogP contribution is 1.91. The molecule has 0 aliphatic heterocycles. The van der Waals surface area contributed by atoms with E-state index in [1.807, 2.05) is 0 Å². The van der Waals surface area contributed by atoms with Crippen LogP contribution < -0.4 is 0 Å². The van der Waals surface area contributed by atoms with Gasteiger partial charge < -0.3 is 4.74 Å². The molecule has 0 rings (SSSR count). The van der Waals surface area contributed by atoms with E-state index in [2.05, 4.69) is 4.74 Å². The molecule has 0 aromatic carbocycles. The van der Waals surface area contributed by atoms with Crippen LogP contribution in [0.3, 0.4) is 0 Å². The summed E-state index contributed by atoms with van der Waals surface area (Å²) in [4.78, 5) is 0. The van der Waals surface area contributed by atoms with Crippen LogP contribution in [-0.2, 0) is 4.74 Å². The zero-order valence-electron chi connectivity index (χ0n) is 2.86. The predicted molar refractivity (Wildman–Crippen MR) is 20.7 cm³/mol. The van der Waals surface area contributed by atoms with Crippen molar-refractivity contribution in [3.8, 4) is 0 Å². The minimum Gasteiger partial charge on any atom is -0.486 e. The molecule has 0 bridgehead atoms. The summed E-state index contributed by atoms with van der Waals surface area (Å²) in [6, 6.07) is 0. The molecule has 0 saturated heterocycles. The Kier molecular flexibility index (Phi) is 2.02. The van der Waals surface area contributed by atoms with Gasteiger partial charge in [0.15, 0.2) is 5.22 Å². The van der Waals surface area contributed by atoms with E-state index in [-0.39, 0.29) is 5.22 Å². The van der Waals surface area contributed by atoms with Crippen molar-refractivity contribution in [3.63, 3.8) is 0 Å². The van der Waals surface area contributed by atoms with Gasteiger partial charge in [-0.1, -0.05) is 0 Å². The summed E-state index contributed by atoms with van der Waals surface area (Å²) in [6.07, 6.45) is 0. The third-order valence-corrected chi connectivity index (χ3v) is 0.349. The average molecular weight is 91.5 g/mol. The second-order valence-corrected chi connectivity index (χ2v) is 0.881. The quantitative estimate of drug-likeness (QED) is 0.440. The number of ether oxygens (including phenoxy) is 1. The molecule has 5 heavy (non-hydrogen) atoms. The fraction of sp³-hybridized carbons (Fsp3) is 0.333. The van der Waals surface area contributed by atoms with E-state index < -0.39 is 0 Å². The lowest BCUT2D eigenvalue weighted by atomic mass is 11.1. The Morgan fingerprint density at radius 1 is 2.00 bits per heavy atom. The fourth-order valence-electron chi connectivity index (χ4n) is 0. The molecular formula is C3H4ClO. The van der Waals surface area contributed by atoms with Gasteiger partial charge in [0.25, 0.3) is 0 Å². The van der Waals surface area contributed by atoms with Crippen molar-refractivity contribution in [2.24, 2.45) is 0 Å². The predicted octanol–water partition coefficient (Wildman–Crippen LogP) is 1.15. The van der Waals surface area contributed by atoms with Crippen molar-refractivity contribution in [3.05, 3.63) is 11.8 Å². The Morgan fingerprint density at radius 3 is 2.20 bits per heavy atom. The first-order valence-corrected chi connectivity index (χ1v) is 1.47. The smallest absolute Gasteiger partial charge is 0.186 e. The van der Waals surface area contributed by atoms with Gasteiger partial charge in [-0.15, -0.1) is 0 Å². The highest BCUT2D eigenvalue weighted by atomic mass is 35.5. The molecule has 1 nitrogen and oxygen atoms in total. The summed E-state index contributed by atoms with van der Waals surface area (Å²) >= 11 is 4.93. The average Bonchev–Trinajstić information content (AvgIpc) is 1.38. The topological polar surface area (TPSA) is 9.23 Å². The van der Waals surface area contributed by atoms with Gasteiger partial charge in [0.1, 0.15) is 0 Å². The van der Waals surface area contributed by atoms with Crippen LogP contribution in [0.2, 0.25) is 0 Å². The zero-order chi connectivity index (χ0) is 4.28. The number of rotatable bonds is 1. The van der Waals surface area contributed by atoms with E-state index in [0.717, 1.165) is 0 Å². The van der Waals surface area contributed by atoms with Crippen LogP contribution in [0.5, 0.6) is 0 Å². The van der Waals surface area contributed by atoms with Gasteiger partial charge in [0, 0.05) is 0 Å². The maximum absolute atomic E-state index is 4.93. The van der Waals surface area contributed by atoms with Gasteiger partial charge in [-0.3, -0.25) is 0 Å². The van der Waals surface area contributed by atoms with Gasteiger partial charge >= 0.3 is 0 Å². The van der Waals surface area contributed by atoms with Gasteiger partial charge in [0.2, 0.25) is 0 Å². The Balaban J connectivity index is 2.85. The summed E-state index contributed by atoms with van der Waals surface area (Å²) < 4.78 is 4.21. The summed E-state index contributed by atoms with van der Waals surface area (Å²) in [7, 11) is 1.41. The Bertz CT molecular complexity index is 42.2. The summed E-state index contributed by atoms with van der Waals surface area (Å²) in [5, 5.41) is -0.0231. The second kappa shape index (κ2) is 2.09. The van der Waals surface area contributed by atoms with Crippen molar-refractivity contribution in [1.82, 2.24) is 0 Å². The lowest BCUT2D eigenvalue weighted by Gasteiger charge is -1.84. The molecule has 0 aliphatic carbocycles. The van der Waals surface area contributed by atoms with Gasteiger partial charge in [-0.2, -0.15) is 0 Å². The molecule has 1 radical (unpaired) electrons. The van der Waals surface area contributed by atoms with Gasteiger partial charge in [-0.25, -0.2) is 0 Å². The van der Waals surface area contributed by atoms with Crippen molar-refractivity contribution in [1.29, 1.82) is 0 Å². The molecular weight excluding hydrogens is 87.5 g/mol. The molecule has 0 fully saturated rings. The molecule has 0 spiro atoms. The summed E-state index contributed by atoms with van der Waals surface area (Å²) in [6.45, 7) is 4.75. The summed E-state index contributed by atoms with van der Waals surface area (Å²) in [5.41, 5.74) is 0. The van der Waals surface area contributed by atoms with Crippen LogP contribution in [0.1, 0.15) is 0 Å². The zero-order valence-corrected chi connectivity index (χ0v) is 3.62. The monoisotopic (exact) mass is 91.0 g/mol. The largest absolute Gasteiger partial charge is 0.486 e. The Hall–Kier alpha value is -0.170. The maximum Gasteiger partial charge on any atom is 0.186 e. The van der Waals surface area contributed by atoms with Crippen LogP contribution in [-0.4, -0.2) is 7.11 Å². The first kappa shape index (κ1) is 4.83. The molecule has 0 aliphatic rings. The first-order chi connectivity index (χ1) is 2.27. The molecule has 29 valence electrons. The van der Waals surface area contributed by atoms with Crippen LogP contribution in [0, 0.1) is 6.58 Å².